The molecule has 0 aliphatic rings. The zero-order valence-corrected chi connectivity index (χ0v) is 15.2. The van der Waals surface area contributed by atoms with Gasteiger partial charge in [-0.1, -0.05) is 23.7 Å². The van der Waals surface area contributed by atoms with E-state index in [1.807, 2.05) is 31.4 Å². The summed E-state index contributed by atoms with van der Waals surface area (Å²) in [6.45, 7) is 3.25. The number of esters is 1. The van der Waals surface area contributed by atoms with E-state index in [0.29, 0.717) is 5.69 Å². The third-order valence-electron chi connectivity index (χ3n) is 3.36. The van der Waals surface area contributed by atoms with Crippen LogP contribution >= 0.6 is 23.4 Å². The maximum Gasteiger partial charge on any atom is 0.340 e. The SMILES string of the molecule is Cc1cc(SC#N)cc(C)c1NC(=O)COC(=O)c1ccccc1Cl. The Bertz CT molecular complexity index is 839. The van der Waals surface area contributed by atoms with Crippen molar-refractivity contribution >= 4 is 40.9 Å². The average Bonchev–Trinajstić information content (AvgIpc) is 2.57. The molecule has 0 atom stereocenters. The third kappa shape index (κ3) is 4.99. The van der Waals surface area contributed by atoms with Gasteiger partial charge in [0.2, 0.25) is 0 Å². The summed E-state index contributed by atoms with van der Waals surface area (Å²) in [4.78, 5) is 24.8. The van der Waals surface area contributed by atoms with Gasteiger partial charge in [0.15, 0.2) is 6.61 Å². The number of carbonyl (C=O) groups excluding carboxylic acids is 2. The van der Waals surface area contributed by atoms with Gasteiger partial charge in [-0.05, 0) is 61.0 Å². The van der Waals surface area contributed by atoms with Gasteiger partial charge in [-0.25, -0.2) is 4.79 Å². The minimum Gasteiger partial charge on any atom is -0.452 e. The van der Waals surface area contributed by atoms with E-state index in [-0.39, 0.29) is 10.6 Å². The molecule has 0 unspecified atom stereocenters. The van der Waals surface area contributed by atoms with E-state index >= 15 is 0 Å². The van der Waals surface area contributed by atoms with E-state index < -0.39 is 18.5 Å². The van der Waals surface area contributed by atoms with Gasteiger partial charge in [0, 0.05) is 10.6 Å². The van der Waals surface area contributed by atoms with Crippen molar-refractivity contribution in [1.29, 1.82) is 5.26 Å². The highest BCUT2D eigenvalue weighted by molar-refractivity contribution is 8.03. The number of thiocyanates is 1. The fourth-order valence-corrected chi connectivity index (χ4v) is 3.03. The summed E-state index contributed by atoms with van der Waals surface area (Å²) in [5.74, 6) is -1.11. The molecule has 0 aliphatic heterocycles. The molecule has 2 aromatic rings. The Kier molecular flexibility index (Phi) is 6.45. The highest BCUT2D eigenvalue weighted by atomic mass is 35.5. The van der Waals surface area contributed by atoms with Gasteiger partial charge in [0.1, 0.15) is 5.40 Å². The third-order valence-corrected chi connectivity index (χ3v) is 4.25. The van der Waals surface area contributed by atoms with E-state index in [4.69, 9.17) is 21.6 Å². The normalized spacial score (nSPS) is 10.0. The molecule has 2 aromatic carbocycles. The molecule has 0 aromatic heterocycles. The first-order chi connectivity index (χ1) is 11.9. The fourth-order valence-electron chi connectivity index (χ4n) is 2.24. The number of hydrogen-bond donors (Lipinski definition) is 1. The number of hydrogen-bond acceptors (Lipinski definition) is 5. The zero-order valence-electron chi connectivity index (χ0n) is 13.6. The Hall–Kier alpha value is -2.49. The van der Waals surface area contributed by atoms with Crippen molar-refractivity contribution < 1.29 is 14.3 Å². The van der Waals surface area contributed by atoms with Crippen LogP contribution in [0.2, 0.25) is 5.02 Å². The van der Waals surface area contributed by atoms with Crippen molar-refractivity contribution in [3.8, 4) is 5.40 Å². The first-order valence-corrected chi connectivity index (χ1v) is 8.50. The Morgan fingerprint density at radius 2 is 1.88 bits per heavy atom. The van der Waals surface area contributed by atoms with Crippen molar-refractivity contribution in [2.45, 2.75) is 18.7 Å². The number of nitrogens with zero attached hydrogens (tertiary/aromatic N) is 1. The van der Waals surface area contributed by atoms with Crippen LogP contribution in [0.4, 0.5) is 5.69 Å². The van der Waals surface area contributed by atoms with Gasteiger partial charge < -0.3 is 10.1 Å². The number of aryl methyl sites for hydroxylation is 2. The lowest BCUT2D eigenvalue weighted by Crippen LogP contribution is -2.22. The molecule has 128 valence electrons. The standard InChI is InChI=1S/C18H15ClN2O3S/c1-11-7-13(25-10-20)8-12(2)17(11)21-16(22)9-24-18(23)14-5-3-4-6-15(14)19/h3-8H,9H2,1-2H3,(H,21,22). The van der Waals surface area contributed by atoms with E-state index in [2.05, 4.69) is 5.32 Å². The second-order valence-electron chi connectivity index (χ2n) is 5.23. The Balaban J connectivity index is 2.00. The zero-order chi connectivity index (χ0) is 18.4. The molecule has 0 radical (unpaired) electrons. The Morgan fingerprint density at radius 3 is 2.48 bits per heavy atom. The number of anilines is 1. The van der Waals surface area contributed by atoms with Gasteiger partial charge in [-0.3, -0.25) is 4.79 Å². The molecule has 0 aliphatic carbocycles. The largest absolute Gasteiger partial charge is 0.452 e. The highest BCUT2D eigenvalue weighted by Gasteiger charge is 2.14. The molecule has 25 heavy (non-hydrogen) atoms. The smallest absolute Gasteiger partial charge is 0.340 e. The van der Waals surface area contributed by atoms with Crippen molar-refractivity contribution in [3.63, 3.8) is 0 Å². The van der Waals surface area contributed by atoms with Gasteiger partial charge in [-0.15, -0.1) is 0 Å². The van der Waals surface area contributed by atoms with Gasteiger partial charge in [0.25, 0.3) is 5.91 Å². The van der Waals surface area contributed by atoms with Crippen LogP contribution in [0.3, 0.4) is 0 Å². The van der Waals surface area contributed by atoms with Crippen LogP contribution in [-0.4, -0.2) is 18.5 Å². The topological polar surface area (TPSA) is 79.2 Å². The monoisotopic (exact) mass is 374 g/mol. The summed E-state index contributed by atoms with van der Waals surface area (Å²) in [5.41, 5.74) is 2.50. The van der Waals surface area contributed by atoms with Crippen molar-refractivity contribution in [2.24, 2.45) is 0 Å². The molecule has 0 bridgehead atoms. The van der Waals surface area contributed by atoms with Crippen LogP contribution in [0.5, 0.6) is 0 Å². The van der Waals surface area contributed by atoms with Crippen molar-refractivity contribution in [2.75, 3.05) is 11.9 Å². The number of amides is 1. The quantitative estimate of drug-likeness (QED) is 0.478. The van der Waals surface area contributed by atoms with Crippen molar-refractivity contribution in [1.82, 2.24) is 0 Å². The molecule has 0 spiro atoms. The minimum atomic E-state index is -0.657. The number of thioether (sulfide) groups is 1. The summed E-state index contributed by atoms with van der Waals surface area (Å²) in [6, 6.07) is 10.1. The first-order valence-electron chi connectivity index (χ1n) is 7.31. The van der Waals surface area contributed by atoms with Crippen LogP contribution in [0.1, 0.15) is 21.5 Å². The van der Waals surface area contributed by atoms with Crippen LogP contribution in [0.15, 0.2) is 41.3 Å². The van der Waals surface area contributed by atoms with E-state index in [1.54, 1.807) is 18.2 Å². The lowest BCUT2D eigenvalue weighted by molar-refractivity contribution is -0.119. The van der Waals surface area contributed by atoms with Gasteiger partial charge in [-0.2, -0.15) is 5.26 Å². The van der Waals surface area contributed by atoms with Crippen LogP contribution in [-0.2, 0) is 9.53 Å². The summed E-state index contributed by atoms with van der Waals surface area (Å²) in [7, 11) is 0. The molecule has 0 saturated heterocycles. The molecular formula is C18H15ClN2O3S. The minimum absolute atomic E-state index is 0.210. The number of nitrogens with one attached hydrogen (secondary N) is 1. The number of rotatable bonds is 5. The predicted molar refractivity (Wildman–Crippen MR) is 97.8 cm³/mol. The molecule has 1 N–H and O–H groups in total. The predicted octanol–water partition coefficient (Wildman–Crippen LogP) is 4.33. The van der Waals surface area contributed by atoms with Crippen LogP contribution < -0.4 is 5.32 Å². The highest BCUT2D eigenvalue weighted by Crippen LogP contribution is 2.27. The number of carbonyl (C=O) groups is 2. The number of halogens is 1. The Morgan fingerprint density at radius 1 is 1.24 bits per heavy atom. The number of ether oxygens (including phenoxy) is 1. The summed E-state index contributed by atoms with van der Waals surface area (Å²) < 4.78 is 5.00. The van der Waals surface area contributed by atoms with Crippen molar-refractivity contribution in [3.05, 3.63) is 58.1 Å². The maximum atomic E-state index is 12.1. The lowest BCUT2D eigenvalue weighted by Gasteiger charge is -2.13. The maximum absolute atomic E-state index is 12.1. The van der Waals surface area contributed by atoms with Gasteiger partial charge in [0.05, 0.1) is 10.6 Å². The Labute approximate surface area is 154 Å². The van der Waals surface area contributed by atoms with Crippen LogP contribution in [0.25, 0.3) is 0 Å². The van der Waals surface area contributed by atoms with E-state index in [0.717, 1.165) is 27.8 Å². The molecular weight excluding hydrogens is 360 g/mol. The first kappa shape index (κ1) is 18.8. The molecule has 1 amide bonds. The lowest BCUT2D eigenvalue weighted by atomic mass is 10.1. The van der Waals surface area contributed by atoms with Gasteiger partial charge >= 0.3 is 5.97 Å². The molecule has 7 heteroatoms. The second-order valence-corrected chi connectivity index (χ2v) is 6.49. The molecule has 5 nitrogen and oxygen atoms in total. The second kappa shape index (κ2) is 8.56. The fraction of sp³-hybridized carbons (Fsp3) is 0.167. The summed E-state index contributed by atoms with van der Waals surface area (Å²) in [6.07, 6.45) is 0. The molecule has 2 rings (SSSR count). The molecule has 0 fully saturated rings. The average molecular weight is 375 g/mol. The summed E-state index contributed by atoms with van der Waals surface area (Å²) in [5, 5.41) is 13.7. The van der Waals surface area contributed by atoms with E-state index in [9.17, 15) is 9.59 Å². The van der Waals surface area contributed by atoms with E-state index in [1.165, 1.54) is 6.07 Å². The summed E-state index contributed by atoms with van der Waals surface area (Å²) >= 11 is 6.98. The number of nitriles is 1. The molecule has 0 heterocycles. The molecule has 0 saturated carbocycles. The number of benzene rings is 2. The van der Waals surface area contributed by atoms with Crippen LogP contribution in [0, 0.1) is 24.5 Å².